The zero-order chi connectivity index (χ0) is 27.6. The largest absolute Gasteiger partial charge is 0.416 e. The van der Waals surface area contributed by atoms with Crippen LogP contribution in [-0.2, 0) is 23.9 Å². The monoisotopic (exact) mass is 545 g/mol. The van der Waals surface area contributed by atoms with Gasteiger partial charge in [0.2, 0.25) is 0 Å². The first-order valence-electron chi connectivity index (χ1n) is 14.2. The SMILES string of the molecule is C1CCOCC1.Cc1c(C(=O)N2CCC(N)CC2)nc(C2CC2)nc1N1CCc2ccc(C(F)(F)F)cc2C1. The Bertz CT molecular complexity index is 1160. The van der Waals surface area contributed by atoms with E-state index >= 15 is 0 Å². The summed E-state index contributed by atoms with van der Waals surface area (Å²) in [5, 5.41) is 0. The molecule has 7 nitrogen and oxygen atoms in total. The number of hydrogen-bond acceptors (Lipinski definition) is 6. The molecule has 0 bridgehead atoms. The highest BCUT2D eigenvalue weighted by Gasteiger charge is 2.34. The number of likely N-dealkylation sites (tertiary alicyclic amines) is 1. The van der Waals surface area contributed by atoms with Crippen LogP contribution in [0.1, 0.15) is 89.4 Å². The molecule has 10 heteroatoms. The fourth-order valence-electron chi connectivity index (χ4n) is 5.42. The molecule has 2 saturated heterocycles. The van der Waals surface area contributed by atoms with Gasteiger partial charge in [-0.1, -0.05) is 6.07 Å². The van der Waals surface area contributed by atoms with E-state index in [0.29, 0.717) is 61.1 Å². The summed E-state index contributed by atoms with van der Waals surface area (Å²) in [5.74, 6) is 1.47. The maximum absolute atomic E-state index is 13.4. The molecule has 4 heterocycles. The first-order chi connectivity index (χ1) is 18.7. The number of benzene rings is 1. The summed E-state index contributed by atoms with van der Waals surface area (Å²) in [7, 11) is 0. The molecule has 0 spiro atoms. The Morgan fingerprint density at radius 1 is 1.00 bits per heavy atom. The summed E-state index contributed by atoms with van der Waals surface area (Å²) in [6.45, 7) is 6.01. The number of hydrogen-bond donors (Lipinski definition) is 1. The topological polar surface area (TPSA) is 84.6 Å². The number of fused-ring (bicyclic) bond motifs is 1. The number of alkyl halides is 3. The van der Waals surface area contributed by atoms with E-state index < -0.39 is 11.7 Å². The van der Waals surface area contributed by atoms with Gasteiger partial charge in [-0.25, -0.2) is 9.97 Å². The minimum atomic E-state index is -4.38. The van der Waals surface area contributed by atoms with Crippen LogP contribution in [-0.4, -0.2) is 59.7 Å². The van der Waals surface area contributed by atoms with Crippen LogP contribution < -0.4 is 10.6 Å². The van der Waals surface area contributed by atoms with Crippen LogP contribution in [0.4, 0.5) is 19.0 Å². The van der Waals surface area contributed by atoms with Gasteiger partial charge in [0.25, 0.3) is 5.91 Å². The number of nitrogens with zero attached hydrogens (tertiary/aromatic N) is 4. The van der Waals surface area contributed by atoms with Crippen molar-refractivity contribution in [2.75, 3.05) is 37.7 Å². The van der Waals surface area contributed by atoms with Gasteiger partial charge in [0.05, 0.1) is 5.56 Å². The molecule has 39 heavy (non-hydrogen) atoms. The molecule has 1 aliphatic carbocycles. The highest BCUT2D eigenvalue weighted by atomic mass is 19.4. The second-order valence-corrected chi connectivity index (χ2v) is 11.1. The third-order valence-corrected chi connectivity index (χ3v) is 8.03. The van der Waals surface area contributed by atoms with Crippen LogP contribution in [0.5, 0.6) is 0 Å². The lowest BCUT2D eigenvalue weighted by molar-refractivity contribution is -0.137. The number of halogens is 3. The van der Waals surface area contributed by atoms with Crippen molar-refractivity contribution in [2.45, 2.75) is 83.0 Å². The molecule has 6 rings (SSSR count). The molecule has 0 atom stereocenters. The first kappa shape index (κ1) is 27.8. The Kier molecular flexibility index (Phi) is 8.42. The minimum absolute atomic E-state index is 0.110. The number of aromatic nitrogens is 2. The van der Waals surface area contributed by atoms with Gasteiger partial charge in [-0.3, -0.25) is 4.79 Å². The molecule has 2 aromatic rings. The number of carbonyl (C=O) groups is 1. The van der Waals surface area contributed by atoms with E-state index in [1.54, 1.807) is 11.0 Å². The Morgan fingerprint density at radius 2 is 1.72 bits per heavy atom. The molecule has 3 aliphatic heterocycles. The van der Waals surface area contributed by atoms with Gasteiger partial charge in [-0.2, -0.15) is 13.2 Å². The number of carbonyl (C=O) groups excluding carboxylic acids is 1. The molecule has 1 saturated carbocycles. The third kappa shape index (κ3) is 6.72. The minimum Gasteiger partial charge on any atom is -0.381 e. The lowest BCUT2D eigenvalue weighted by Gasteiger charge is -2.33. The van der Waals surface area contributed by atoms with Crippen molar-refractivity contribution in [1.82, 2.24) is 14.9 Å². The molecule has 1 aromatic carbocycles. The number of nitrogens with two attached hydrogens (primary N) is 1. The number of piperidine rings is 1. The van der Waals surface area contributed by atoms with Crippen LogP contribution in [0.15, 0.2) is 18.2 Å². The maximum Gasteiger partial charge on any atom is 0.416 e. The highest BCUT2D eigenvalue weighted by molar-refractivity contribution is 5.95. The van der Waals surface area contributed by atoms with Gasteiger partial charge in [0.1, 0.15) is 17.3 Å². The van der Waals surface area contributed by atoms with Gasteiger partial charge in [-0.15, -0.1) is 0 Å². The zero-order valence-corrected chi connectivity index (χ0v) is 22.6. The summed E-state index contributed by atoms with van der Waals surface area (Å²) in [6.07, 6.45) is 3.70. The Balaban J connectivity index is 0.000000455. The van der Waals surface area contributed by atoms with E-state index in [9.17, 15) is 18.0 Å². The van der Waals surface area contributed by atoms with Gasteiger partial charge < -0.3 is 20.3 Å². The predicted octanol–water partition coefficient (Wildman–Crippen LogP) is 4.99. The fraction of sp³-hybridized carbons (Fsp3) is 0.621. The van der Waals surface area contributed by atoms with Gasteiger partial charge in [0, 0.05) is 56.9 Å². The Hall–Kier alpha value is -2.72. The van der Waals surface area contributed by atoms with E-state index in [0.717, 1.165) is 50.5 Å². The van der Waals surface area contributed by atoms with Gasteiger partial charge >= 0.3 is 6.18 Å². The van der Waals surface area contributed by atoms with E-state index in [4.69, 9.17) is 15.5 Å². The lowest BCUT2D eigenvalue weighted by atomic mass is 9.96. The second-order valence-electron chi connectivity index (χ2n) is 11.1. The summed E-state index contributed by atoms with van der Waals surface area (Å²) >= 11 is 0. The molecule has 3 fully saturated rings. The molecule has 2 N–H and O–H groups in total. The molecule has 0 radical (unpaired) electrons. The van der Waals surface area contributed by atoms with Crippen molar-refractivity contribution < 1.29 is 22.7 Å². The molecule has 1 aromatic heterocycles. The van der Waals surface area contributed by atoms with Crippen LogP contribution in [0, 0.1) is 6.92 Å². The molecule has 1 amide bonds. The predicted molar refractivity (Wildman–Crippen MR) is 143 cm³/mol. The average Bonchev–Trinajstić information content (AvgIpc) is 3.79. The van der Waals surface area contributed by atoms with Crippen molar-refractivity contribution in [3.05, 3.63) is 52.0 Å². The second kappa shape index (κ2) is 11.8. The summed E-state index contributed by atoms with van der Waals surface area (Å²) in [6, 6.07) is 4.08. The van der Waals surface area contributed by atoms with Crippen molar-refractivity contribution in [3.8, 4) is 0 Å². The number of rotatable bonds is 3. The summed E-state index contributed by atoms with van der Waals surface area (Å²) < 4.78 is 44.8. The quantitative estimate of drug-likeness (QED) is 0.585. The zero-order valence-electron chi connectivity index (χ0n) is 22.6. The number of anilines is 1. The standard InChI is InChI=1S/C24H28F3N5O.C5H10O/c1-14-20(23(33)31-10-7-19(28)8-11-31)29-21(16-2-3-16)30-22(14)32-9-6-15-4-5-18(24(25,26)27)12-17(15)13-32;1-2-4-6-5-3-1/h4-5,12,16,19H,2-3,6-11,13,28H2,1H3;1-5H2. The molecule has 4 aliphatic rings. The number of ether oxygens (including phenoxy) is 1. The van der Waals surface area contributed by atoms with Crippen LogP contribution in [0.3, 0.4) is 0 Å². The van der Waals surface area contributed by atoms with E-state index in [2.05, 4.69) is 4.98 Å². The normalized spacial score (nSPS) is 20.2. The van der Waals surface area contributed by atoms with Crippen molar-refractivity contribution in [3.63, 3.8) is 0 Å². The van der Waals surface area contributed by atoms with Crippen molar-refractivity contribution in [2.24, 2.45) is 5.73 Å². The number of amides is 1. The summed E-state index contributed by atoms with van der Waals surface area (Å²) in [5.41, 5.74) is 8.03. The average molecular weight is 546 g/mol. The molecular formula is C29H38F3N5O2. The first-order valence-corrected chi connectivity index (χ1v) is 14.2. The van der Waals surface area contributed by atoms with Crippen LogP contribution in [0.2, 0.25) is 0 Å². The van der Waals surface area contributed by atoms with E-state index in [1.165, 1.54) is 25.3 Å². The van der Waals surface area contributed by atoms with Crippen molar-refractivity contribution >= 4 is 11.7 Å². The maximum atomic E-state index is 13.4. The van der Waals surface area contributed by atoms with Crippen LogP contribution in [0.25, 0.3) is 0 Å². The lowest BCUT2D eigenvalue weighted by Crippen LogP contribution is -2.43. The van der Waals surface area contributed by atoms with Gasteiger partial charge in [0.15, 0.2) is 0 Å². The fourth-order valence-corrected chi connectivity index (χ4v) is 5.42. The van der Waals surface area contributed by atoms with Gasteiger partial charge in [-0.05, 0) is 81.5 Å². The van der Waals surface area contributed by atoms with Crippen LogP contribution >= 0.6 is 0 Å². The molecule has 212 valence electrons. The third-order valence-electron chi connectivity index (χ3n) is 8.03. The summed E-state index contributed by atoms with van der Waals surface area (Å²) in [4.78, 5) is 26.6. The Labute approximate surface area is 227 Å². The highest BCUT2D eigenvalue weighted by Crippen LogP contribution is 2.40. The van der Waals surface area contributed by atoms with E-state index in [-0.39, 0.29) is 17.9 Å². The molecule has 0 unspecified atom stereocenters. The molecular weight excluding hydrogens is 507 g/mol. The van der Waals surface area contributed by atoms with E-state index in [1.807, 2.05) is 11.8 Å². The van der Waals surface area contributed by atoms with Crippen molar-refractivity contribution in [1.29, 1.82) is 0 Å². The Morgan fingerprint density at radius 3 is 2.31 bits per heavy atom. The smallest absolute Gasteiger partial charge is 0.381 e.